The van der Waals surface area contributed by atoms with E-state index in [0.29, 0.717) is 12.0 Å². The summed E-state index contributed by atoms with van der Waals surface area (Å²) in [4.78, 5) is 31.6. The van der Waals surface area contributed by atoms with E-state index in [2.05, 4.69) is 20.4 Å². The maximum atomic E-state index is 13.3. The lowest BCUT2D eigenvalue weighted by Gasteiger charge is -2.03. The highest BCUT2D eigenvalue weighted by Gasteiger charge is 2.21. The van der Waals surface area contributed by atoms with E-state index in [9.17, 15) is 14.0 Å². The van der Waals surface area contributed by atoms with E-state index in [4.69, 9.17) is 5.11 Å². The first kappa shape index (κ1) is 14.4. The second-order valence-electron chi connectivity index (χ2n) is 5.53. The molecule has 0 saturated carbocycles. The number of fused-ring (bicyclic) bond motifs is 2. The smallest absolute Gasteiger partial charge is 0.295 e. The zero-order chi connectivity index (χ0) is 16.8. The summed E-state index contributed by atoms with van der Waals surface area (Å²) in [7, 11) is 0. The Morgan fingerprint density at radius 2 is 2.21 bits per heavy atom. The molecule has 8 nitrogen and oxygen atoms in total. The summed E-state index contributed by atoms with van der Waals surface area (Å²) in [5.74, 6) is -2.07. The predicted octanol–water partition coefficient (Wildman–Crippen LogP) is 1.00. The van der Waals surface area contributed by atoms with Crippen LogP contribution in [0.1, 0.15) is 28.3 Å². The molecule has 1 aliphatic carbocycles. The highest BCUT2D eigenvalue weighted by Crippen LogP contribution is 2.20. The summed E-state index contributed by atoms with van der Waals surface area (Å²) in [6, 6.07) is 3.44. The number of halogens is 1. The van der Waals surface area contributed by atoms with E-state index in [-0.39, 0.29) is 22.8 Å². The number of nitrogens with one attached hydrogen (secondary N) is 2. The molecule has 3 aromatic rings. The van der Waals surface area contributed by atoms with Crippen molar-refractivity contribution in [1.82, 2.24) is 19.6 Å². The highest BCUT2D eigenvalue weighted by molar-refractivity contribution is 6.01. The SMILES string of the molecule is O=C(Nc1ccc(O)c(F)c1)c1nc2[nH]c3c(c(=O)n2n1)CCC3. The number of aromatic amines is 1. The lowest BCUT2D eigenvalue weighted by Crippen LogP contribution is -2.21. The van der Waals surface area contributed by atoms with Gasteiger partial charge in [-0.25, -0.2) is 4.39 Å². The van der Waals surface area contributed by atoms with Gasteiger partial charge in [-0.05, 0) is 31.4 Å². The number of benzene rings is 1. The number of carbonyl (C=O) groups excluding carboxylic acids is 1. The highest BCUT2D eigenvalue weighted by atomic mass is 19.1. The maximum absolute atomic E-state index is 13.3. The maximum Gasteiger partial charge on any atom is 0.295 e. The second kappa shape index (κ2) is 5.15. The van der Waals surface area contributed by atoms with Gasteiger partial charge in [0.1, 0.15) is 0 Å². The van der Waals surface area contributed by atoms with Crippen molar-refractivity contribution in [1.29, 1.82) is 0 Å². The molecule has 2 aromatic heterocycles. The van der Waals surface area contributed by atoms with Crippen molar-refractivity contribution in [3.63, 3.8) is 0 Å². The van der Waals surface area contributed by atoms with Crippen LogP contribution in [0.15, 0.2) is 23.0 Å². The molecule has 0 saturated heterocycles. The van der Waals surface area contributed by atoms with Crippen LogP contribution in [-0.2, 0) is 12.8 Å². The zero-order valence-corrected chi connectivity index (χ0v) is 12.3. The Labute approximate surface area is 134 Å². The van der Waals surface area contributed by atoms with Gasteiger partial charge in [-0.15, -0.1) is 5.10 Å². The zero-order valence-electron chi connectivity index (χ0n) is 12.3. The number of phenolic OH excluding ortho intramolecular Hbond substituents is 1. The number of hydrogen-bond acceptors (Lipinski definition) is 5. The molecule has 0 fully saturated rings. The summed E-state index contributed by atoms with van der Waals surface area (Å²) in [5.41, 5.74) is 1.36. The fraction of sp³-hybridized carbons (Fsp3) is 0.200. The predicted molar refractivity (Wildman–Crippen MR) is 81.7 cm³/mol. The summed E-state index contributed by atoms with van der Waals surface area (Å²) in [6.07, 6.45) is 2.34. The van der Waals surface area contributed by atoms with Crippen LogP contribution in [0.5, 0.6) is 5.75 Å². The van der Waals surface area contributed by atoms with Crippen LogP contribution in [0.3, 0.4) is 0 Å². The Bertz CT molecular complexity index is 1040. The van der Waals surface area contributed by atoms with Gasteiger partial charge in [0, 0.05) is 23.0 Å². The third kappa shape index (κ3) is 2.21. The number of phenols is 1. The van der Waals surface area contributed by atoms with Crippen LogP contribution in [0.4, 0.5) is 10.1 Å². The van der Waals surface area contributed by atoms with E-state index < -0.39 is 17.5 Å². The molecule has 1 amide bonds. The van der Waals surface area contributed by atoms with Gasteiger partial charge >= 0.3 is 0 Å². The van der Waals surface area contributed by atoms with Crippen molar-refractivity contribution >= 4 is 17.4 Å². The summed E-state index contributed by atoms with van der Waals surface area (Å²) < 4.78 is 14.4. The number of nitrogens with zero attached hydrogens (tertiary/aromatic N) is 3. The number of carbonyl (C=O) groups is 1. The van der Waals surface area contributed by atoms with Crippen molar-refractivity contribution < 1.29 is 14.3 Å². The lowest BCUT2D eigenvalue weighted by atomic mass is 10.3. The molecule has 0 bridgehead atoms. The number of H-pyrrole nitrogens is 1. The van der Waals surface area contributed by atoms with E-state index in [1.165, 1.54) is 6.07 Å². The second-order valence-corrected chi connectivity index (χ2v) is 5.53. The number of aromatic hydroxyl groups is 1. The fourth-order valence-electron chi connectivity index (χ4n) is 2.78. The number of rotatable bonds is 2. The van der Waals surface area contributed by atoms with Gasteiger partial charge in [0.2, 0.25) is 11.6 Å². The van der Waals surface area contributed by atoms with Gasteiger partial charge in [-0.3, -0.25) is 9.59 Å². The molecule has 0 radical (unpaired) electrons. The third-order valence-corrected chi connectivity index (χ3v) is 3.95. The van der Waals surface area contributed by atoms with Crippen molar-refractivity contribution in [2.75, 3.05) is 5.32 Å². The molecule has 24 heavy (non-hydrogen) atoms. The number of aromatic nitrogens is 4. The molecule has 1 aromatic carbocycles. The largest absolute Gasteiger partial charge is 0.505 e. The quantitative estimate of drug-likeness (QED) is 0.607. The Morgan fingerprint density at radius 3 is 3.00 bits per heavy atom. The molecule has 0 unspecified atom stereocenters. The van der Waals surface area contributed by atoms with Crippen molar-refractivity contribution in [2.45, 2.75) is 19.3 Å². The summed E-state index contributed by atoms with van der Waals surface area (Å²) in [5, 5.41) is 15.5. The molecular weight excluding hydrogens is 317 g/mol. The normalized spacial score (nSPS) is 13.2. The topological polar surface area (TPSA) is 112 Å². The van der Waals surface area contributed by atoms with Crippen LogP contribution in [0.2, 0.25) is 0 Å². The molecule has 9 heteroatoms. The van der Waals surface area contributed by atoms with Crippen LogP contribution < -0.4 is 10.9 Å². The van der Waals surface area contributed by atoms with Gasteiger partial charge in [0.05, 0.1) is 0 Å². The van der Waals surface area contributed by atoms with E-state index >= 15 is 0 Å². The molecule has 0 atom stereocenters. The van der Waals surface area contributed by atoms with E-state index in [1.807, 2.05) is 0 Å². The monoisotopic (exact) mass is 329 g/mol. The van der Waals surface area contributed by atoms with Gasteiger partial charge < -0.3 is 15.4 Å². The van der Waals surface area contributed by atoms with Gasteiger partial charge in [0.15, 0.2) is 11.6 Å². The van der Waals surface area contributed by atoms with E-state index in [0.717, 1.165) is 35.2 Å². The minimum atomic E-state index is -0.859. The third-order valence-electron chi connectivity index (χ3n) is 3.95. The molecule has 1 aliphatic rings. The minimum Gasteiger partial charge on any atom is -0.505 e. The molecule has 0 spiro atoms. The fourth-order valence-corrected chi connectivity index (χ4v) is 2.78. The van der Waals surface area contributed by atoms with Crippen LogP contribution in [-0.4, -0.2) is 30.6 Å². The summed E-state index contributed by atoms with van der Waals surface area (Å²) >= 11 is 0. The minimum absolute atomic E-state index is 0.142. The molecular formula is C15H12FN5O3. The average molecular weight is 329 g/mol. The van der Waals surface area contributed by atoms with Gasteiger partial charge in [0.25, 0.3) is 11.5 Å². The first-order chi connectivity index (χ1) is 11.5. The van der Waals surface area contributed by atoms with Crippen molar-refractivity contribution in [3.05, 3.63) is 51.5 Å². The van der Waals surface area contributed by atoms with Crippen LogP contribution in [0.25, 0.3) is 5.78 Å². The Balaban J connectivity index is 1.69. The molecule has 4 rings (SSSR count). The number of anilines is 1. The molecule has 3 N–H and O–H groups in total. The van der Waals surface area contributed by atoms with Crippen LogP contribution in [0, 0.1) is 5.82 Å². The number of hydrogen-bond donors (Lipinski definition) is 3. The summed E-state index contributed by atoms with van der Waals surface area (Å²) in [6.45, 7) is 0. The van der Waals surface area contributed by atoms with Crippen LogP contribution >= 0.6 is 0 Å². The van der Waals surface area contributed by atoms with Crippen molar-refractivity contribution in [2.24, 2.45) is 0 Å². The Hall–Kier alpha value is -3.23. The Morgan fingerprint density at radius 1 is 1.38 bits per heavy atom. The molecule has 0 aliphatic heterocycles. The standard InChI is InChI=1S/C15H12FN5O3/c16-9-6-7(4-5-11(9)22)17-13(23)12-19-15-18-10-3-1-2-8(10)14(24)21(15)20-12/h4-6,22H,1-3H2,(H,17,23)(H,18,19,20). The number of amides is 1. The molecule has 2 heterocycles. The van der Waals surface area contributed by atoms with Gasteiger partial charge in [-0.2, -0.15) is 9.50 Å². The van der Waals surface area contributed by atoms with Gasteiger partial charge in [-0.1, -0.05) is 0 Å². The average Bonchev–Trinajstić information content (AvgIpc) is 3.18. The van der Waals surface area contributed by atoms with Crippen molar-refractivity contribution in [3.8, 4) is 5.75 Å². The van der Waals surface area contributed by atoms with E-state index in [1.54, 1.807) is 0 Å². The number of aryl methyl sites for hydroxylation is 1. The lowest BCUT2D eigenvalue weighted by molar-refractivity contribution is 0.101. The first-order valence-corrected chi connectivity index (χ1v) is 7.33. The molecule has 122 valence electrons. The first-order valence-electron chi connectivity index (χ1n) is 7.33. The Kier molecular flexibility index (Phi) is 3.08.